The Labute approximate surface area is 165 Å². The highest BCUT2D eigenvalue weighted by atomic mass is 32.2. The van der Waals surface area contributed by atoms with Crippen LogP contribution in [0.3, 0.4) is 0 Å². The molecule has 2 amide bonds. The highest BCUT2D eigenvalue weighted by Crippen LogP contribution is 2.25. The minimum Gasteiger partial charge on any atom is -0.497 e. The summed E-state index contributed by atoms with van der Waals surface area (Å²) in [6.45, 7) is 1.98. The molecule has 0 aromatic heterocycles. The Balaban J connectivity index is 1.99. The zero-order chi connectivity index (χ0) is 20.7. The normalized spacial score (nSPS) is 18.0. The first kappa shape index (κ1) is 21.7. The van der Waals surface area contributed by atoms with Gasteiger partial charge in [0.15, 0.2) is 9.84 Å². The number of ether oxygens (including phenoxy) is 2. The summed E-state index contributed by atoms with van der Waals surface area (Å²) in [5.74, 6) is 0.554. The van der Waals surface area contributed by atoms with Crippen LogP contribution >= 0.6 is 0 Å². The first-order valence-electron chi connectivity index (χ1n) is 8.96. The molecule has 1 fully saturated rings. The molecule has 1 atom stereocenters. The largest absolute Gasteiger partial charge is 0.497 e. The second-order valence-corrected chi connectivity index (χ2v) is 8.69. The predicted octanol–water partition coefficient (Wildman–Crippen LogP) is 0.869. The van der Waals surface area contributed by atoms with Gasteiger partial charge >= 0.3 is 0 Å². The molecule has 28 heavy (non-hydrogen) atoms. The van der Waals surface area contributed by atoms with Gasteiger partial charge in [-0.25, -0.2) is 8.42 Å². The molecule has 1 aliphatic rings. The number of nitrogens with zero attached hydrogens (tertiary/aromatic N) is 1. The second-order valence-electron chi connectivity index (χ2n) is 6.46. The van der Waals surface area contributed by atoms with Crippen molar-refractivity contribution in [1.82, 2.24) is 10.2 Å². The van der Waals surface area contributed by atoms with Crippen LogP contribution in [0.1, 0.15) is 18.9 Å². The van der Waals surface area contributed by atoms with E-state index in [9.17, 15) is 18.0 Å². The molecular formula is C19H26N2O6S. The number of hydrogen-bond acceptors (Lipinski definition) is 6. The van der Waals surface area contributed by atoms with E-state index in [2.05, 4.69) is 5.32 Å². The molecule has 1 saturated heterocycles. The fourth-order valence-electron chi connectivity index (χ4n) is 2.94. The zero-order valence-corrected chi connectivity index (χ0v) is 17.1. The molecule has 8 nitrogen and oxygen atoms in total. The summed E-state index contributed by atoms with van der Waals surface area (Å²) >= 11 is 0. The third kappa shape index (κ3) is 5.98. The van der Waals surface area contributed by atoms with Gasteiger partial charge in [-0.2, -0.15) is 0 Å². The maximum absolute atomic E-state index is 12.5. The molecule has 1 aliphatic heterocycles. The van der Waals surface area contributed by atoms with Crippen molar-refractivity contribution < 1.29 is 27.5 Å². The van der Waals surface area contributed by atoms with Crippen molar-refractivity contribution >= 4 is 27.7 Å². The Bertz CT molecular complexity index is 850. The number of carbonyl (C=O) groups excluding carboxylic acids is 2. The van der Waals surface area contributed by atoms with Gasteiger partial charge in [-0.3, -0.25) is 9.59 Å². The smallest absolute Gasteiger partial charge is 0.247 e. The van der Waals surface area contributed by atoms with Crippen LogP contribution in [-0.2, 0) is 19.4 Å². The predicted molar refractivity (Wildman–Crippen MR) is 106 cm³/mol. The number of nitrogens with one attached hydrogen (secondary N) is 1. The van der Waals surface area contributed by atoms with Crippen molar-refractivity contribution in [3.63, 3.8) is 0 Å². The van der Waals surface area contributed by atoms with Gasteiger partial charge in [0.1, 0.15) is 11.5 Å². The Kier molecular flexibility index (Phi) is 7.45. The van der Waals surface area contributed by atoms with E-state index in [-0.39, 0.29) is 35.9 Å². The first-order chi connectivity index (χ1) is 13.3. The molecule has 1 N–H and O–H groups in total. The van der Waals surface area contributed by atoms with Gasteiger partial charge in [0.2, 0.25) is 11.8 Å². The molecule has 0 bridgehead atoms. The summed E-state index contributed by atoms with van der Waals surface area (Å²) in [6, 6.07) is 4.85. The number of sulfone groups is 1. The van der Waals surface area contributed by atoms with Gasteiger partial charge in [0.25, 0.3) is 0 Å². The van der Waals surface area contributed by atoms with Gasteiger partial charge in [0.05, 0.1) is 32.3 Å². The van der Waals surface area contributed by atoms with Crippen molar-refractivity contribution in [3.8, 4) is 11.5 Å². The quantitative estimate of drug-likeness (QED) is 0.638. The van der Waals surface area contributed by atoms with Crippen LogP contribution in [0.15, 0.2) is 24.3 Å². The highest BCUT2D eigenvalue weighted by molar-refractivity contribution is 7.91. The average Bonchev–Trinajstić information content (AvgIpc) is 3.01. The monoisotopic (exact) mass is 410 g/mol. The van der Waals surface area contributed by atoms with E-state index >= 15 is 0 Å². The van der Waals surface area contributed by atoms with Crippen molar-refractivity contribution in [3.05, 3.63) is 29.8 Å². The number of hydrogen-bond donors (Lipinski definition) is 1. The van der Waals surface area contributed by atoms with Crippen molar-refractivity contribution in [2.24, 2.45) is 0 Å². The van der Waals surface area contributed by atoms with Crippen LogP contribution in [0.2, 0.25) is 0 Å². The maximum atomic E-state index is 12.5. The molecule has 0 radical (unpaired) electrons. The summed E-state index contributed by atoms with van der Waals surface area (Å²) in [5.41, 5.74) is 0.673. The SMILES string of the molecule is CCN(CC(=O)N[C@H]1CCS(=O)(=O)C1)C(=O)/C=C/c1cc(OC)ccc1OC. The summed E-state index contributed by atoms with van der Waals surface area (Å²) in [6.07, 6.45) is 3.38. The third-order valence-electron chi connectivity index (χ3n) is 4.47. The standard InChI is InChI=1S/C19H26N2O6S/c1-4-21(12-18(22)20-15-9-10-28(24,25)13-15)19(23)8-5-14-11-16(26-2)6-7-17(14)27-3/h5-8,11,15H,4,9-10,12-13H2,1-3H3,(H,20,22)/b8-5+/t15-/m0/s1. The fourth-order valence-corrected chi connectivity index (χ4v) is 4.61. The molecule has 0 unspecified atom stereocenters. The summed E-state index contributed by atoms with van der Waals surface area (Å²) < 4.78 is 33.4. The molecule has 0 spiro atoms. The number of rotatable bonds is 8. The van der Waals surface area contributed by atoms with Gasteiger partial charge < -0.3 is 19.7 Å². The van der Waals surface area contributed by atoms with Crippen molar-refractivity contribution in [2.45, 2.75) is 19.4 Å². The molecule has 154 valence electrons. The maximum Gasteiger partial charge on any atom is 0.247 e. The molecular weight excluding hydrogens is 384 g/mol. The molecule has 9 heteroatoms. The number of amides is 2. The second kappa shape index (κ2) is 9.59. The van der Waals surface area contributed by atoms with Crippen LogP contribution in [0, 0.1) is 0 Å². The van der Waals surface area contributed by atoms with Crippen molar-refractivity contribution in [1.29, 1.82) is 0 Å². The number of likely N-dealkylation sites (N-methyl/N-ethyl adjacent to an activating group) is 1. The van der Waals surface area contributed by atoms with Crippen LogP contribution < -0.4 is 14.8 Å². The number of methoxy groups -OCH3 is 2. The topological polar surface area (TPSA) is 102 Å². The average molecular weight is 410 g/mol. The Morgan fingerprint density at radius 1 is 1.29 bits per heavy atom. The lowest BCUT2D eigenvalue weighted by Crippen LogP contribution is -2.44. The lowest BCUT2D eigenvalue weighted by molar-refractivity contribution is -0.132. The molecule has 1 heterocycles. The lowest BCUT2D eigenvalue weighted by atomic mass is 10.1. The Hall–Kier alpha value is -2.55. The van der Waals surface area contributed by atoms with E-state index in [1.165, 1.54) is 18.1 Å². The summed E-state index contributed by atoms with van der Waals surface area (Å²) in [4.78, 5) is 26.0. The number of benzene rings is 1. The Morgan fingerprint density at radius 2 is 2.04 bits per heavy atom. The van der Waals surface area contributed by atoms with Crippen LogP contribution in [0.4, 0.5) is 0 Å². The molecule has 1 aromatic rings. The lowest BCUT2D eigenvalue weighted by Gasteiger charge is -2.20. The number of carbonyl (C=O) groups is 2. The first-order valence-corrected chi connectivity index (χ1v) is 10.8. The Morgan fingerprint density at radius 3 is 2.61 bits per heavy atom. The van der Waals surface area contributed by atoms with E-state index in [4.69, 9.17) is 9.47 Å². The van der Waals surface area contributed by atoms with Crippen LogP contribution in [0.25, 0.3) is 6.08 Å². The van der Waals surface area contributed by atoms with Gasteiger partial charge in [0, 0.05) is 24.2 Å². The van der Waals surface area contributed by atoms with Crippen LogP contribution in [-0.4, -0.2) is 70.0 Å². The van der Waals surface area contributed by atoms with E-state index in [1.54, 1.807) is 38.3 Å². The van der Waals surface area contributed by atoms with Gasteiger partial charge in [-0.1, -0.05) is 0 Å². The van der Waals surface area contributed by atoms with Crippen LogP contribution in [0.5, 0.6) is 11.5 Å². The van der Waals surface area contributed by atoms with Gasteiger partial charge in [-0.05, 0) is 37.6 Å². The molecule has 0 aliphatic carbocycles. The van der Waals surface area contributed by atoms with E-state index in [0.717, 1.165) is 0 Å². The van der Waals surface area contributed by atoms with Gasteiger partial charge in [-0.15, -0.1) is 0 Å². The summed E-state index contributed by atoms with van der Waals surface area (Å²) in [7, 11) is 0.0120. The fraction of sp³-hybridized carbons (Fsp3) is 0.474. The molecule has 1 aromatic carbocycles. The van der Waals surface area contributed by atoms with E-state index in [0.29, 0.717) is 30.0 Å². The van der Waals surface area contributed by atoms with Crippen molar-refractivity contribution in [2.75, 3.05) is 38.8 Å². The third-order valence-corrected chi connectivity index (χ3v) is 6.24. The minimum atomic E-state index is -3.07. The van der Waals surface area contributed by atoms with E-state index in [1.807, 2.05) is 0 Å². The molecule has 0 saturated carbocycles. The summed E-state index contributed by atoms with van der Waals surface area (Å²) in [5, 5.41) is 2.69. The highest BCUT2D eigenvalue weighted by Gasteiger charge is 2.29. The van der Waals surface area contributed by atoms with E-state index < -0.39 is 9.84 Å². The minimum absolute atomic E-state index is 0.0473. The zero-order valence-electron chi connectivity index (χ0n) is 16.3. The molecule has 2 rings (SSSR count).